The van der Waals surface area contributed by atoms with Crippen molar-refractivity contribution in [3.63, 3.8) is 0 Å². The molecular formula is C31H27N3O4S. The number of para-hydroxylation sites is 1. The van der Waals surface area contributed by atoms with E-state index in [9.17, 15) is 9.59 Å². The molecule has 3 heterocycles. The molecular weight excluding hydrogens is 510 g/mol. The first kappa shape index (κ1) is 24.9. The van der Waals surface area contributed by atoms with Crippen molar-refractivity contribution < 1.29 is 14.3 Å². The second kappa shape index (κ2) is 9.71. The monoisotopic (exact) mass is 537 g/mol. The van der Waals surface area contributed by atoms with E-state index in [1.165, 1.54) is 11.3 Å². The quantitative estimate of drug-likeness (QED) is 0.311. The van der Waals surface area contributed by atoms with Crippen LogP contribution in [0.25, 0.3) is 27.8 Å². The van der Waals surface area contributed by atoms with Gasteiger partial charge in [-0.15, -0.1) is 0 Å². The highest BCUT2D eigenvalue weighted by atomic mass is 32.1. The molecule has 0 aliphatic carbocycles. The van der Waals surface area contributed by atoms with Gasteiger partial charge in [0, 0.05) is 35.3 Å². The number of aromatic nitrogens is 2. The van der Waals surface area contributed by atoms with Crippen molar-refractivity contribution in [2.45, 2.75) is 19.9 Å². The number of esters is 1. The van der Waals surface area contributed by atoms with Crippen LogP contribution in [0.15, 0.2) is 87.9 Å². The van der Waals surface area contributed by atoms with Gasteiger partial charge in [-0.3, -0.25) is 9.36 Å². The van der Waals surface area contributed by atoms with Crippen LogP contribution in [-0.4, -0.2) is 28.8 Å². The van der Waals surface area contributed by atoms with Gasteiger partial charge in [0.15, 0.2) is 4.80 Å². The van der Waals surface area contributed by atoms with Crippen LogP contribution < -0.4 is 19.6 Å². The zero-order valence-electron chi connectivity index (χ0n) is 22.1. The highest BCUT2D eigenvalue weighted by molar-refractivity contribution is 7.07. The van der Waals surface area contributed by atoms with Crippen LogP contribution in [0.1, 0.15) is 31.0 Å². The number of carbonyl (C=O) groups is 1. The van der Waals surface area contributed by atoms with Crippen molar-refractivity contribution in [1.82, 2.24) is 9.13 Å². The zero-order valence-corrected chi connectivity index (χ0v) is 22.9. The first-order valence-corrected chi connectivity index (χ1v) is 13.5. The molecule has 0 unspecified atom stereocenters. The van der Waals surface area contributed by atoms with Crippen molar-refractivity contribution in [2.75, 3.05) is 13.7 Å². The molecule has 0 fully saturated rings. The number of aryl methyl sites for hydroxylation is 1. The SMILES string of the molecule is CCOC(=O)C1=C(C)N=c2s/c(=C\c3cn(C)c4ccccc34)c(=O)n2[C@H]1c1c(OC)ccc2ccccc12. The van der Waals surface area contributed by atoms with E-state index in [2.05, 4.69) is 6.07 Å². The number of ether oxygens (including phenoxy) is 2. The highest BCUT2D eigenvalue weighted by Gasteiger charge is 2.36. The molecule has 1 aliphatic rings. The Morgan fingerprint density at radius 3 is 2.59 bits per heavy atom. The Balaban J connectivity index is 1.67. The number of rotatable bonds is 5. The molecule has 6 rings (SSSR count). The maximum absolute atomic E-state index is 14.2. The first-order valence-electron chi connectivity index (χ1n) is 12.7. The summed E-state index contributed by atoms with van der Waals surface area (Å²) >= 11 is 1.31. The van der Waals surface area contributed by atoms with E-state index in [4.69, 9.17) is 14.5 Å². The average molecular weight is 538 g/mol. The number of hydrogen-bond acceptors (Lipinski definition) is 6. The molecule has 39 heavy (non-hydrogen) atoms. The van der Waals surface area contributed by atoms with Crippen LogP contribution in [0.2, 0.25) is 0 Å². The number of allylic oxidation sites excluding steroid dienone is 1. The van der Waals surface area contributed by atoms with Gasteiger partial charge in [-0.1, -0.05) is 59.9 Å². The molecule has 0 spiro atoms. The third kappa shape index (κ3) is 3.99. The van der Waals surface area contributed by atoms with Crippen molar-refractivity contribution >= 4 is 45.1 Å². The molecule has 0 saturated carbocycles. The minimum Gasteiger partial charge on any atom is -0.496 e. The Hall–Kier alpha value is -4.43. The fourth-order valence-electron chi connectivity index (χ4n) is 5.43. The summed E-state index contributed by atoms with van der Waals surface area (Å²) in [6.45, 7) is 3.76. The Bertz CT molecular complexity index is 1990. The van der Waals surface area contributed by atoms with Crippen LogP contribution in [0.5, 0.6) is 5.75 Å². The molecule has 3 aromatic carbocycles. The number of benzene rings is 3. The maximum Gasteiger partial charge on any atom is 0.338 e. The Labute approximate surface area is 228 Å². The van der Waals surface area contributed by atoms with Gasteiger partial charge in [0.2, 0.25) is 0 Å². The predicted octanol–water partition coefficient (Wildman–Crippen LogP) is 4.45. The number of hydrogen-bond donors (Lipinski definition) is 0. The predicted molar refractivity (Wildman–Crippen MR) is 154 cm³/mol. The van der Waals surface area contributed by atoms with Crippen LogP contribution in [0.4, 0.5) is 0 Å². The van der Waals surface area contributed by atoms with Crippen LogP contribution in [0, 0.1) is 0 Å². The van der Waals surface area contributed by atoms with E-state index in [1.54, 1.807) is 25.5 Å². The lowest BCUT2D eigenvalue weighted by atomic mass is 9.90. The fraction of sp³-hybridized carbons (Fsp3) is 0.194. The number of nitrogens with zero attached hydrogens (tertiary/aromatic N) is 3. The van der Waals surface area contributed by atoms with Crippen molar-refractivity contribution in [1.29, 1.82) is 0 Å². The maximum atomic E-state index is 14.2. The third-order valence-electron chi connectivity index (χ3n) is 7.16. The minimum atomic E-state index is -0.768. The topological polar surface area (TPSA) is 74.8 Å². The molecule has 196 valence electrons. The first-order chi connectivity index (χ1) is 18.9. The van der Waals surface area contributed by atoms with Gasteiger partial charge < -0.3 is 14.0 Å². The number of thiazole rings is 1. The van der Waals surface area contributed by atoms with Gasteiger partial charge in [-0.05, 0) is 42.8 Å². The standard InChI is InChI=1S/C31H27N3O4S/c1-5-38-30(36)26-18(2)32-31-34(28(26)27-22-12-7-6-10-19(22)14-15-24(27)37-4)29(35)25(39-31)16-20-17-33(3)23-13-9-8-11-21(20)23/h6-17,28H,5H2,1-4H3/b25-16-/t28-/m1/s1. The lowest BCUT2D eigenvalue weighted by molar-refractivity contribution is -0.139. The van der Waals surface area contributed by atoms with E-state index >= 15 is 0 Å². The van der Waals surface area contributed by atoms with Gasteiger partial charge in [0.1, 0.15) is 11.8 Å². The highest BCUT2D eigenvalue weighted by Crippen LogP contribution is 2.40. The van der Waals surface area contributed by atoms with E-state index in [-0.39, 0.29) is 12.2 Å². The van der Waals surface area contributed by atoms with Gasteiger partial charge in [0.05, 0.1) is 29.5 Å². The van der Waals surface area contributed by atoms with Crippen LogP contribution >= 0.6 is 11.3 Å². The average Bonchev–Trinajstić information content (AvgIpc) is 3.42. The normalized spacial score (nSPS) is 15.5. The summed E-state index contributed by atoms with van der Waals surface area (Å²) in [4.78, 5) is 32.8. The zero-order chi connectivity index (χ0) is 27.3. The van der Waals surface area contributed by atoms with E-state index in [0.717, 1.165) is 32.8 Å². The molecule has 1 atom stereocenters. The summed E-state index contributed by atoms with van der Waals surface area (Å²) in [6, 6.07) is 19.1. The summed E-state index contributed by atoms with van der Waals surface area (Å²) in [7, 11) is 3.58. The van der Waals surface area contributed by atoms with Gasteiger partial charge in [-0.25, -0.2) is 9.79 Å². The van der Waals surface area contributed by atoms with Crippen molar-refractivity contribution in [2.24, 2.45) is 12.0 Å². The van der Waals surface area contributed by atoms with Gasteiger partial charge in [0.25, 0.3) is 5.56 Å². The Morgan fingerprint density at radius 2 is 1.82 bits per heavy atom. The molecule has 0 saturated heterocycles. The lowest BCUT2D eigenvalue weighted by Crippen LogP contribution is -2.40. The molecule has 2 aromatic heterocycles. The summed E-state index contributed by atoms with van der Waals surface area (Å²) in [5, 5.41) is 2.92. The van der Waals surface area contributed by atoms with Crippen LogP contribution in [0.3, 0.4) is 0 Å². The lowest BCUT2D eigenvalue weighted by Gasteiger charge is -2.27. The fourth-order valence-corrected chi connectivity index (χ4v) is 6.47. The third-order valence-corrected chi connectivity index (χ3v) is 8.14. The molecule has 7 nitrogen and oxygen atoms in total. The Morgan fingerprint density at radius 1 is 1.08 bits per heavy atom. The molecule has 0 N–H and O–H groups in total. The van der Waals surface area contributed by atoms with Gasteiger partial charge >= 0.3 is 5.97 Å². The number of methoxy groups -OCH3 is 1. The summed E-state index contributed by atoms with van der Waals surface area (Å²) in [5.74, 6) is 0.0842. The molecule has 5 aromatic rings. The minimum absolute atomic E-state index is 0.209. The smallest absolute Gasteiger partial charge is 0.338 e. The molecule has 8 heteroatoms. The molecule has 1 aliphatic heterocycles. The number of fused-ring (bicyclic) bond motifs is 3. The second-order valence-corrected chi connectivity index (χ2v) is 10.4. The largest absolute Gasteiger partial charge is 0.496 e. The molecule has 0 amide bonds. The van der Waals surface area contributed by atoms with E-state index in [1.807, 2.05) is 78.5 Å². The second-order valence-electron chi connectivity index (χ2n) is 9.42. The summed E-state index contributed by atoms with van der Waals surface area (Å²) in [6.07, 6.45) is 3.93. The number of carbonyl (C=O) groups excluding carboxylic acids is 1. The van der Waals surface area contributed by atoms with Crippen LogP contribution in [-0.2, 0) is 16.6 Å². The van der Waals surface area contributed by atoms with Crippen molar-refractivity contribution in [3.05, 3.63) is 109 Å². The molecule has 0 radical (unpaired) electrons. The van der Waals surface area contributed by atoms with Gasteiger partial charge in [-0.2, -0.15) is 0 Å². The summed E-state index contributed by atoms with van der Waals surface area (Å²) in [5.41, 5.74) is 3.38. The molecule has 0 bridgehead atoms. The van der Waals surface area contributed by atoms with Crippen molar-refractivity contribution in [3.8, 4) is 5.75 Å². The van der Waals surface area contributed by atoms with E-state index in [0.29, 0.717) is 26.4 Å². The summed E-state index contributed by atoms with van der Waals surface area (Å²) < 4.78 is 15.5. The Kier molecular flexibility index (Phi) is 6.19. The van der Waals surface area contributed by atoms with E-state index < -0.39 is 12.0 Å².